The van der Waals surface area contributed by atoms with E-state index < -0.39 is 12.0 Å². The van der Waals surface area contributed by atoms with E-state index in [2.05, 4.69) is 0 Å². The number of carboxylic acids is 1. The van der Waals surface area contributed by atoms with Crippen molar-refractivity contribution in [2.75, 3.05) is 6.54 Å². The molecule has 0 aliphatic carbocycles. The Morgan fingerprint density at radius 2 is 1.85 bits per heavy atom. The van der Waals surface area contributed by atoms with Crippen molar-refractivity contribution < 1.29 is 19.5 Å². The Morgan fingerprint density at radius 1 is 1.25 bits per heavy atom. The Balaban J connectivity index is 1.98. The standard InChI is InChI=1S/C15H21NO4/c1-15(2,3)19-11-6-8-12(9-7-11)20-16-10-4-5-13(16)14(17)18/h6-9,13H,4-5,10H2,1-3H3,(H,17,18)/t13-/m0/s1. The summed E-state index contributed by atoms with van der Waals surface area (Å²) in [6.07, 6.45) is 1.46. The molecular weight excluding hydrogens is 258 g/mol. The first-order chi connectivity index (χ1) is 9.35. The molecule has 0 bridgehead atoms. The Bertz CT molecular complexity index is 464. The number of carbonyl (C=O) groups is 1. The van der Waals surface area contributed by atoms with Crippen LogP contribution >= 0.6 is 0 Å². The molecule has 1 aromatic rings. The summed E-state index contributed by atoms with van der Waals surface area (Å²) in [6.45, 7) is 6.59. The van der Waals surface area contributed by atoms with Crippen LogP contribution in [0.15, 0.2) is 24.3 Å². The van der Waals surface area contributed by atoms with Crippen molar-refractivity contribution in [3.05, 3.63) is 24.3 Å². The number of benzene rings is 1. The van der Waals surface area contributed by atoms with E-state index in [9.17, 15) is 4.79 Å². The summed E-state index contributed by atoms with van der Waals surface area (Å²) < 4.78 is 5.72. The molecule has 1 aromatic carbocycles. The summed E-state index contributed by atoms with van der Waals surface area (Å²) >= 11 is 0. The Kier molecular flexibility index (Phi) is 4.18. The number of ether oxygens (including phenoxy) is 1. The van der Waals surface area contributed by atoms with Crippen LogP contribution in [0.2, 0.25) is 0 Å². The second-order valence-corrected chi connectivity index (χ2v) is 5.91. The number of nitrogens with zero attached hydrogens (tertiary/aromatic N) is 1. The lowest BCUT2D eigenvalue weighted by Gasteiger charge is -2.23. The fourth-order valence-electron chi connectivity index (χ4n) is 2.15. The third-order valence-electron chi connectivity index (χ3n) is 2.96. The number of aliphatic carboxylic acids is 1. The van der Waals surface area contributed by atoms with Gasteiger partial charge in [-0.1, -0.05) is 0 Å². The number of carboxylic acid groups (broad SMARTS) is 1. The summed E-state index contributed by atoms with van der Waals surface area (Å²) in [5, 5.41) is 10.6. The molecule has 1 N–H and O–H groups in total. The van der Waals surface area contributed by atoms with Crippen LogP contribution in [0.5, 0.6) is 11.5 Å². The van der Waals surface area contributed by atoms with Gasteiger partial charge in [0.05, 0.1) is 0 Å². The number of hydrogen-bond donors (Lipinski definition) is 1. The fourth-order valence-corrected chi connectivity index (χ4v) is 2.15. The average Bonchev–Trinajstić information content (AvgIpc) is 2.78. The van der Waals surface area contributed by atoms with Gasteiger partial charge in [-0.3, -0.25) is 4.79 Å². The molecule has 1 saturated heterocycles. The highest BCUT2D eigenvalue weighted by Crippen LogP contribution is 2.25. The molecule has 0 radical (unpaired) electrons. The number of rotatable bonds is 4. The van der Waals surface area contributed by atoms with Gasteiger partial charge in [-0.05, 0) is 57.9 Å². The Morgan fingerprint density at radius 3 is 2.40 bits per heavy atom. The lowest BCUT2D eigenvalue weighted by atomic mass is 10.2. The van der Waals surface area contributed by atoms with Gasteiger partial charge in [0.15, 0.2) is 0 Å². The van der Waals surface area contributed by atoms with Crippen LogP contribution in [0.1, 0.15) is 33.6 Å². The quantitative estimate of drug-likeness (QED) is 0.918. The van der Waals surface area contributed by atoms with E-state index in [0.29, 0.717) is 18.7 Å². The minimum Gasteiger partial charge on any atom is -0.488 e. The average molecular weight is 279 g/mol. The molecule has 0 amide bonds. The van der Waals surface area contributed by atoms with E-state index in [1.165, 1.54) is 5.06 Å². The highest BCUT2D eigenvalue weighted by Gasteiger charge is 2.32. The predicted molar refractivity (Wildman–Crippen MR) is 74.8 cm³/mol. The zero-order valence-corrected chi connectivity index (χ0v) is 12.1. The van der Waals surface area contributed by atoms with Crippen LogP contribution in [0.25, 0.3) is 0 Å². The smallest absolute Gasteiger partial charge is 0.324 e. The van der Waals surface area contributed by atoms with Crippen molar-refractivity contribution in [2.24, 2.45) is 0 Å². The molecule has 1 heterocycles. The molecule has 20 heavy (non-hydrogen) atoms. The summed E-state index contributed by atoms with van der Waals surface area (Å²) in [6, 6.07) is 6.68. The van der Waals surface area contributed by atoms with Gasteiger partial charge in [0.1, 0.15) is 23.1 Å². The van der Waals surface area contributed by atoms with Gasteiger partial charge in [-0.15, -0.1) is 5.06 Å². The van der Waals surface area contributed by atoms with Gasteiger partial charge >= 0.3 is 5.97 Å². The molecular formula is C15H21NO4. The van der Waals surface area contributed by atoms with Crippen molar-refractivity contribution in [3.63, 3.8) is 0 Å². The van der Waals surface area contributed by atoms with Crippen LogP contribution < -0.4 is 9.57 Å². The van der Waals surface area contributed by atoms with Gasteiger partial charge in [-0.2, -0.15) is 0 Å². The van der Waals surface area contributed by atoms with E-state index in [1.807, 2.05) is 32.9 Å². The molecule has 0 unspecified atom stereocenters. The highest BCUT2D eigenvalue weighted by atomic mass is 16.7. The summed E-state index contributed by atoms with van der Waals surface area (Å²) in [4.78, 5) is 16.7. The normalized spacial score (nSPS) is 19.9. The largest absolute Gasteiger partial charge is 0.488 e. The Hall–Kier alpha value is -1.75. The van der Waals surface area contributed by atoms with Gasteiger partial charge in [0.25, 0.3) is 0 Å². The monoisotopic (exact) mass is 279 g/mol. The maximum absolute atomic E-state index is 11.1. The molecule has 2 rings (SSSR count). The minimum absolute atomic E-state index is 0.244. The SMILES string of the molecule is CC(C)(C)Oc1ccc(ON2CCC[C@H]2C(=O)O)cc1. The number of hydroxylamine groups is 2. The van der Waals surface area contributed by atoms with Crippen LogP contribution in [0.3, 0.4) is 0 Å². The highest BCUT2D eigenvalue weighted by molar-refractivity contribution is 5.73. The van der Waals surface area contributed by atoms with Crippen LogP contribution in [0.4, 0.5) is 0 Å². The summed E-state index contributed by atoms with van der Waals surface area (Å²) in [7, 11) is 0. The second-order valence-electron chi connectivity index (χ2n) is 5.91. The van der Waals surface area contributed by atoms with Crippen LogP contribution in [-0.2, 0) is 4.79 Å². The molecule has 0 saturated carbocycles. The lowest BCUT2D eigenvalue weighted by Crippen LogP contribution is -2.38. The van der Waals surface area contributed by atoms with Crippen LogP contribution in [0, 0.1) is 0 Å². The maximum Gasteiger partial charge on any atom is 0.324 e. The second kappa shape index (κ2) is 5.71. The van der Waals surface area contributed by atoms with Crippen molar-refractivity contribution in [1.82, 2.24) is 5.06 Å². The fraction of sp³-hybridized carbons (Fsp3) is 0.533. The van der Waals surface area contributed by atoms with Gasteiger partial charge in [-0.25, -0.2) is 0 Å². The Labute approximate surface area is 119 Å². The third kappa shape index (κ3) is 3.87. The van der Waals surface area contributed by atoms with E-state index >= 15 is 0 Å². The molecule has 1 aliphatic heterocycles. The van der Waals surface area contributed by atoms with E-state index in [-0.39, 0.29) is 5.60 Å². The van der Waals surface area contributed by atoms with E-state index in [1.54, 1.807) is 12.1 Å². The van der Waals surface area contributed by atoms with Crippen LogP contribution in [-0.4, -0.2) is 34.3 Å². The topological polar surface area (TPSA) is 59.0 Å². The van der Waals surface area contributed by atoms with Gasteiger partial charge in [0.2, 0.25) is 0 Å². The van der Waals surface area contributed by atoms with Gasteiger partial charge < -0.3 is 14.7 Å². The molecule has 5 nitrogen and oxygen atoms in total. The summed E-state index contributed by atoms with van der Waals surface area (Å²) in [5.41, 5.74) is -0.244. The molecule has 1 fully saturated rings. The third-order valence-corrected chi connectivity index (χ3v) is 2.96. The van der Waals surface area contributed by atoms with Crippen molar-refractivity contribution in [3.8, 4) is 11.5 Å². The van der Waals surface area contributed by atoms with E-state index in [4.69, 9.17) is 14.7 Å². The number of hydrogen-bond acceptors (Lipinski definition) is 4. The molecule has 0 spiro atoms. The van der Waals surface area contributed by atoms with Crippen molar-refractivity contribution >= 4 is 5.97 Å². The molecule has 5 heteroatoms. The maximum atomic E-state index is 11.1. The van der Waals surface area contributed by atoms with Crippen molar-refractivity contribution in [1.29, 1.82) is 0 Å². The summed E-state index contributed by atoms with van der Waals surface area (Å²) in [5.74, 6) is 0.552. The first-order valence-electron chi connectivity index (χ1n) is 6.82. The van der Waals surface area contributed by atoms with Crippen molar-refractivity contribution in [2.45, 2.75) is 45.3 Å². The lowest BCUT2D eigenvalue weighted by molar-refractivity contribution is -0.154. The zero-order valence-electron chi connectivity index (χ0n) is 12.1. The van der Waals surface area contributed by atoms with E-state index in [0.717, 1.165) is 12.2 Å². The minimum atomic E-state index is -0.838. The molecule has 0 aromatic heterocycles. The molecule has 110 valence electrons. The predicted octanol–water partition coefficient (Wildman–Crippen LogP) is 2.71. The zero-order chi connectivity index (χ0) is 14.8. The first kappa shape index (κ1) is 14.7. The molecule has 1 atom stereocenters. The first-order valence-corrected chi connectivity index (χ1v) is 6.82. The van der Waals surface area contributed by atoms with Gasteiger partial charge in [0, 0.05) is 6.54 Å². The molecule has 1 aliphatic rings.